The lowest BCUT2D eigenvalue weighted by Gasteiger charge is -2.21. The fraction of sp³-hybridized carbons (Fsp3) is 0.393. The molecule has 3 N–H and O–H groups in total. The highest BCUT2D eigenvalue weighted by Crippen LogP contribution is 2.37. The zero-order valence-electron chi connectivity index (χ0n) is 21.5. The van der Waals surface area contributed by atoms with Gasteiger partial charge in [0.1, 0.15) is 23.2 Å². The van der Waals surface area contributed by atoms with Crippen molar-refractivity contribution in [3.8, 4) is 11.1 Å². The molecule has 0 fully saturated rings. The average Bonchev–Trinajstić information content (AvgIpc) is 3.26. The zero-order valence-corrected chi connectivity index (χ0v) is 21.5. The van der Waals surface area contributed by atoms with Crippen LogP contribution in [0.1, 0.15) is 63.3 Å². The summed E-state index contributed by atoms with van der Waals surface area (Å²) in [5.74, 6) is 1.06. The molecular formula is C28H35FN4O3. The minimum Gasteiger partial charge on any atom is -0.393 e. The third-order valence-corrected chi connectivity index (χ3v) is 5.97. The van der Waals surface area contributed by atoms with E-state index in [-0.39, 0.29) is 30.4 Å². The zero-order chi connectivity index (χ0) is 26.4. The number of benzene rings is 1. The van der Waals surface area contributed by atoms with Gasteiger partial charge in [-0.1, -0.05) is 38.1 Å². The van der Waals surface area contributed by atoms with E-state index in [9.17, 15) is 19.4 Å². The molecule has 2 aromatic heterocycles. The first kappa shape index (κ1) is 27.2. The molecular weight excluding hydrogens is 459 g/mol. The quantitative estimate of drug-likeness (QED) is 0.331. The smallest absolute Gasteiger partial charge is 0.135 e. The van der Waals surface area contributed by atoms with Gasteiger partial charge in [0.25, 0.3) is 0 Å². The maximum Gasteiger partial charge on any atom is 0.135 e. The third-order valence-electron chi connectivity index (χ3n) is 5.97. The van der Waals surface area contributed by atoms with Crippen molar-refractivity contribution in [3.63, 3.8) is 0 Å². The van der Waals surface area contributed by atoms with Crippen molar-refractivity contribution < 1.29 is 19.4 Å². The molecule has 0 spiro atoms. The number of aliphatic hydroxyl groups excluding tert-OH is 2. The molecule has 0 saturated carbocycles. The monoisotopic (exact) mass is 494 g/mol. The summed E-state index contributed by atoms with van der Waals surface area (Å²) < 4.78 is 15.6. The maximum absolute atomic E-state index is 13.8. The lowest BCUT2D eigenvalue weighted by atomic mass is 9.90. The van der Waals surface area contributed by atoms with Crippen LogP contribution in [0.5, 0.6) is 0 Å². The summed E-state index contributed by atoms with van der Waals surface area (Å²) >= 11 is 0. The number of pyridine rings is 1. The minimum absolute atomic E-state index is 0.00164. The highest BCUT2D eigenvalue weighted by molar-refractivity contribution is 5.83. The van der Waals surface area contributed by atoms with E-state index in [1.807, 2.05) is 38.4 Å². The molecule has 1 aromatic carbocycles. The molecule has 0 bridgehead atoms. The van der Waals surface area contributed by atoms with Crippen molar-refractivity contribution in [1.82, 2.24) is 14.8 Å². The molecule has 0 radical (unpaired) electrons. The summed E-state index contributed by atoms with van der Waals surface area (Å²) in [5.41, 5.74) is 4.16. The first-order valence-electron chi connectivity index (χ1n) is 12.2. The third kappa shape index (κ3) is 6.65. The molecule has 2 heterocycles. The molecule has 0 amide bonds. The maximum atomic E-state index is 13.8. The van der Waals surface area contributed by atoms with Gasteiger partial charge in [0.15, 0.2) is 0 Å². The van der Waals surface area contributed by atoms with Crippen LogP contribution in [0.4, 0.5) is 16.0 Å². The number of anilines is 2. The van der Waals surface area contributed by atoms with Gasteiger partial charge >= 0.3 is 0 Å². The summed E-state index contributed by atoms with van der Waals surface area (Å²) in [6.45, 7) is 10.1. The van der Waals surface area contributed by atoms with E-state index in [1.54, 1.807) is 30.5 Å². The number of hydrogen-bond donors (Lipinski definition) is 3. The summed E-state index contributed by atoms with van der Waals surface area (Å²) in [7, 11) is 0. The predicted molar refractivity (Wildman–Crippen MR) is 141 cm³/mol. The van der Waals surface area contributed by atoms with E-state index in [0.29, 0.717) is 12.4 Å². The number of nitrogens with one attached hydrogen (secondary N) is 1. The number of hydrogen-bond acceptors (Lipinski definition) is 6. The summed E-state index contributed by atoms with van der Waals surface area (Å²) in [4.78, 5) is 16.2. The lowest BCUT2D eigenvalue weighted by molar-refractivity contribution is -0.119. The predicted octanol–water partition coefficient (Wildman–Crippen LogP) is 5.38. The van der Waals surface area contributed by atoms with Gasteiger partial charge in [-0.3, -0.25) is 4.79 Å². The molecule has 0 aliphatic carbocycles. The van der Waals surface area contributed by atoms with Gasteiger partial charge in [-0.2, -0.15) is 5.10 Å². The molecule has 192 valence electrons. The fourth-order valence-electron chi connectivity index (χ4n) is 4.22. The fourth-order valence-corrected chi connectivity index (χ4v) is 4.22. The number of ketones is 1. The van der Waals surface area contributed by atoms with E-state index in [1.165, 1.54) is 19.1 Å². The van der Waals surface area contributed by atoms with Gasteiger partial charge in [-0.05, 0) is 49.9 Å². The number of halogens is 1. The number of rotatable bonds is 11. The van der Waals surface area contributed by atoms with Crippen LogP contribution in [0.2, 0.25) is 0 Å². The average molecular weight is 495 g/mol. The van der Waals surface area contributed by atoms with Crippen molar-refractivity contribution in [3.05, 3.63) is 65.2 Å². The number of nitrogens with zero attached hydrogens (tertiary/aromatic N) is 3. The Kier molecular flexibility index (Phi) is 9.12. The van der Waals surface area contributed by atoms with Crippen LogP contribution in [0.3, 0.4) is 0 Å². The molecule has 36 heavy (non-hydrogen) atoms. The number of aryl methyl sites for hydroxylation is 1. The summed E-state index contributed by atoms with van der Waals surface area (Å²) in [6.07, 6.45) is 3.32. The Balaban J connectivity index is 2.12. The van der Waals surface area contributed by atoms with Crippen molar-refractivity contribution in [2.24, 2.45) is 0 Å². The highest BCUT2D eigenvalue weighted by atomic mass is 19.1. The summed E-state index contributed by atoms with van der Waals surface area (Å²) in [6, 6.07) is 8.18. The second kappa shape index (κ2) is 12.1. The normalized spacial score (nSPS) is 13.4. The van der Waals surface area contributed by atoms with Crippen LogP contribution in [-0.4, -0.2) is 43.0 Å². The van der Waals surface area contributed by atoms with E-state index in [4.69, 9.17) is 4.98 Å². The number of aromatic nitrogens is 3. The van der Waals surface area contributed by atoms with Gasteiger partial charge in [0.2, 0.25) is 0 Å². The van der Waals surface area contributed by atoms with E-state index in [2.05, 4.69) is 10.4 Å². The number of carbonyl (C=O) groups is 1. The molecule has 3 rings (SSSR count). The molecule has 0 aliphatic rings. The molecule has 2 atom stereocenters. The Morgan fingerprint density at radius 2 is 1.89 bits per heavy atom. The van der Waals surface area contributed by atoms with Crippen LogP contribution in [0.25, 0.3) is 17.2 Å². The first-order valence-corrected chi connectivity index (χ1v) is 12.2. The molecule has 0 aliphatic heterocycles. The number of Topliss-reactive ketones (excluding diaryl/α,β-unsaturated/α-hetero) is 1. The standard InChI is InChI=1S/C28H35FN4O3/c1-6-33-25(13-14-30-33)31-28-19(5)26(20-7-9-21(29)10-8-20)24(27(32-28)17(2)3)12-11-22(35)16-23(36)15-18(4)34/h7-14,17,22-23,35-36H,6,15-16H2,1-5H3,(H,31,32)/b12-11+/t22-,23+/m1/s1. The Morgan fingerprint density at radius 1 is 1.19 bits per heavy atom. The van der Waals surface area contributed by atoms with Crippen LogP contribution < -0.4 is 5.32 Å². The second-order valence-corrected chi connectivity index (χ2v) is 9.30. The molecule has 3 aromatic rings. The largest absolute Gasteiger partial charge is 0.393 e. The van der Waals surface area contributed by atoms with Crippen LogP contribution >= 0.6 is 0 Å². The van der Waals surface area contributed by atoms with E-state index in [0.717, 1.165) is 33.8 Å². The summed E-state index contributed by atoms with van der Waals surface area (Å²) in [5, 5.41) is 28.3. The minimum atomic E-state index is -0.947. The van der Waals surface area contributed by atoms with Crippen molar-refractivity contribution >= 4 is 23.5 Å². The van der Waals surface area contributed by atoms with Gasteiger partial charge in [-0.15, -0.1) is 0 Å². The molecule has 0 unspecified atom stereocenters. The van der Waals surface area contributed by atoms with Crippen molar-refractivity contribution in [1.29, 1.82) is 0 Å². The van der Waals surface area contributed by atoms with Crippen molar-refractivity contribution in [2.45, 2.75) is 72.1 Å². The first-order chi connectivity index (χ1) is 17.1. The van der Waals surface area contributed by atoms with E-state index >= 15 is 0 Å². The Morgan fingerprint density at radius 3 is 2.50 bits per heavy atom. The second-order valence-electron chi connectivity index (χ2n) is 9.30. The van der Waals surface area contributed by atoms with Crippen LogP contribution in [0, 0.1) is 12.7 Å². The van der Waals surface area contributed by atoms with Crippen LogP contribution in [0.15, 0.2) is 42.6 Å². The van der Waals surface area contributed by atoms with Crippen molar-refractivity contribution in [2.75, 3.05) is 5.32 Å². The molecule has 7 nitrogen and oxygen atoms in total. The Hall–Kier alpha value is -3.36. The van der Waals surface area contributed by atoms with Crippen LogP contribution in [-0.2, 0) is 11.3 Å². The highest BCUT2D eigenvalue weighted by Gasteiger charge is 2.21. The van der Waals surface area contributed by atoms with Gasteiger partial charge < -0.3 is 15.5 Å². The van der Waals surface area contributed by atoms with E-state index < -0.39 is 12.2 Å². The number of aliphatic hydroxyl groups is 2. The SMILES string of the molecule is CCn1nccc1Nc1nc(C(C)C)c(/C=C/[C@@H](O)C[C@@H](O)CC(C)=O)c(-c2ccc(F)cc2)c1C. The molecule has 0 saturated heterocycles. The Bertz CT molecular complexity index is 1220. The topological polar surface area (TPSA) is 100 Å². The number of carbonyl (C=O) groups excluding carboxylic acids is 1. The Labute approximate surface area is 211 Å². The van der Waals surface area contributed by atoms with Gasteiger partial charge in [-0.25, -0.2) is 14.1 Å². The molecule has 8 heteroatoms. The van der Waals surface area contributed by atoms with Gasteiger partial charge in [0.05, 0.1) is 24.1 Å². The van der Waals surface area contributed by atoms with Gasteiger partial charge in [0, 0.05) is 36.6 Å². The lowest BCUT2D eigenvalue weighted by Crippen LogP contribution is -2.18.